The van der Waals surface area contributed by atoms with Crippen LogP contribution in [0.25, 0.3) is 0 Å². The molecule has 0 aliphatic carbocycles. The number of nitrogens with zero attached hydrogens (tertiary/aromatic N) is 1. The van der Waals surface area contributed by atoms with Gasteiger partial charge in [0.15, 0.2) is 17.4 Å². The number of cyclic esters (lactones) is 1. The van der Waals surface area contributed by atoms with Crippen molar-refractivity contribution in [3.63, 3.8) is 0 Å². The number of hydrogen-bond acceptors (Lipinski definition) is 10. The first-order chi connectivity index (χ1) is 17.3. The van der Waals surface area contributed by atoms with E-state index < -0.39 is 62.8 Å². The highest BCUT2D eigenvalue weighted by atomic mass is 32.2. The van der Waals surface area contributed by atoms with Crippen LogP contribution in [-0.4, -0.2) is 80.6 Å². The molecule has 0 aromatic heterocycles. The highest BCUT2D eigenvalue weighted by molar-refractivity contribution is 7.88. The van der Waals surface area contributed by atoms with Gasteiger partial charge < -0.3 is 19.5 Å². The number of hydrogen-bond donors (Lipinski definition) is 2. The zero-order valence-corrected chi connectivity index (χ0v) is 23.3. The Bertz CT molecular complexity index is 1250. The molecule has 38 heavy (non-hydrogen) atoms. The van der Waals surface area contributed by atoms with Crippen molar-refractivity contribution in [3.05, 3.63) is 23.8 Å². The average Bonchev–Trinajstić information content (AvgIpc) is 2.98. The zero-order chi connectivity index (χ0) is 29.2. The second kappa shape index (κ2) is 11.1. The Hall–Kier alpha value is -3.52. The monoisotopic (exact) mass is 555 g/mol. The first-order valence-electron chi connectivity index (χ1n) is 11.5. The van der Waals surface area contributed by atoms with Crippen molar-refractivity contribution in [2.75, 3.05) is 25.2 Å². The quantitative estimate of drug-likeness (QED) is 0.318. The van der Waals surface area contributed by atoms with Crippen LogP contribution >= 0.6 is 0 Å². The van der Waals surface area contributed by atoms with Crippen molar-refractivity contribution in [3.8, 4) is 5.75 Å². The summed E-state index contributed by atoms with van der Waals surface area (Å²) in [4.78, 5) is 64.9. The van der Waals surface area contributed by atoms with Crippen LogP contribution in [0.15, 0.2) is 18.2 Å². The van der Waals surface area contributed by atoms with Gasteiger partial charge in [-0.15, -0.1) is 0 Å². The molecule has 0 saturated carbocycles. The van der Waals surface area contributed by atoms with Gasteiger partial charge in [0.25, 0.3) is 11.8 Å². The minimum absolute atomic E-state index is 0.0207. The molecule has 2 atom stereocenters. The van der Waals surface area contributed by atoms with Crippen molar-refractivity contribution in [2.45, 2.75) is 59.3 Å². The number of benzene rings is 1. The molecule has 1 aliphatic rings. The normalized spacial score (nSPS) is 16.9. The molecule has 2 N–H and O–H groups in total. The van der Waals surface area contributed by atoms with Crippen molar-refractivity contribution in [1.29, 1.82) is 0 Å². The summed E-state index contributed by atoms with van der Waals surface area (Å²) in [5.74, 6) is -3.29. The van der Waals surface area contributed by atoms with Crippen LogP contribution in [0.1, 0.15) is 51.9 Å². The third kappa shape index (κ3) is 7.28. The molecule has 210 valence electrons. The Morgan fingerprint density at radius 2 is 1.76 bits per heavy atom. The fourth-order valence-electron chi connectivity index (χ4n) is 3.35. The summed E-state index contributed by atoms with van der Waals surface area (Å²) >= 11 is 0. The zero-order valence-electron chi connectivity index (χ0n) is 22.5. The van der Waals surface area contributed by atoms with E-state index in [2.05, 4.69) is 10.0 Å². The van der Waals surface area contributed by atoms with Gasteiger partial charge in [-0.2, -0.15) is 0 Å². The Morgan fingerprint density at radius 3 is 2.24 bits per heavy atom. The standard InChI is InChI=1S/C24H33N3O10S/c1-13(12-25-38(8,33)34)36-20(30)14-9-10-15(16(11-14)35-7)26-19(29)17(18(28)23(2,3)4)27-21(31)24(5,6)37-22(27)32/h9-11,13,17,25H,12H2,1-8H3,(H,26,29). The van der Waals surface area contributed by atoms with Gasteiger partial charge in [0.2, 0.25) is 10.0 Å². The molecule has 1 aromatic rings. The summed E-state index contributed by atoms with van der Waals surface area (Å²) in [6.45, 7) is 8.69. The van der Waals surface area contributed by atoms with Crippen molar-refractivity contribution in [2.24, 2.45) is 5.41 Å². The minimum atomic E-state index is -3.47. The van der Waals surface area contributed by atoms with Gasteiger partial charge in [-0.3, -0.25) is 14.4 Å². The predicted octanol–water partition coefficient (Wildman–Crippen LogP) is 1.47. The molecule has 2 unspecified atom stereocenters. The molecule has 1 saturated heterocycles. The third-order valence-electron chi connectivity index (χ3n) is 5.40. The SMILES string of the molecule is COc1cc(C(=O)OC(C)CNS(C)(=O)=O)ccc1NC(=O)C(C(=O)C(C)(C)C)N1C(=O)OC(C)(C)C1=O. The Balaban J connectivity index is 2.31. The molecular weight excluding hydrogens is 522 g/mol. The van der Waals surface area contributed by atoms with Crippen LogP contribution < -0.4 is 14.8 Å². The number of rotatable bonds is 10. The highest BCUT2D eigenvalue weighted by Gasteiger charge is 2.55. The van der Waals surface area contributed by atoms with Crippen molar-refractivity contribution >= 4 is 45.4 Å². The molecule has 1 fully saturated rings. The molecule has 1 aromatic carbocycles. The van der Waals surface area contributed by atoms with Gasteiger partial charge in [0, 0.05) is 12.0 Å². The highest BCUT2D eigenvalue weighted by Crippen LogP contribution is 2.31. The van der Waals surface area contributed by atoms with Gasteiger partial charge in [0.05, 0.1) is 24.6 Å². The molecule has 0 spiro atoms. The molecule has 3 amide bonds. The van der Waals surface area contributed by atoms with Crippen LogP contribution in [0, 0.1) is 5.41 Å². The minimum Gasteiger partial charge on any atom is -0.495 e. The summed E-state index contributed by atoms with van der Waals surface area (Å²) in [5.41, 5.74) is -2.57. The Labute approximate surface area is 221 Å². The Kier molecular flexibility index (Phi) is 8.95. The van der Waals surface area contributed by atoms with E-state index in [0.29, 0.717) is 4.90 Å². The molecular formula is C24H33N3O10S. The lowest BCUT2D eigenvalue weighted by Gasteiger charge is -2.28. The molecule has 1 heterocycles. The van der Waals surface area contributed by atoms with Crippen LogP contribution in [0.3, 0.4) is 0 Å². The summed E-state index contributed by atoms with van der Waals surface area (Å²) in [6.07, 6.45) is -0.932. The fourth-order valence-corrected chi connectivity index (χ4v) is 3.89. The number of imide groups is 1. The lowest BCUT2D eigenvalue weighted by Crippen LogP contribution is -2.55. The molecule has 14 heteroatoms. The van der Waals surface area contributed by atoms with Crippen LogP contribution in [0.4, 0.5) is 10.5 Å². The van der Waals surface area contributed by atoms with Crippen LogP contribution in [0.2, 0.25) is 0 Å². The maximum Gasteiger partial charge on any atom is 0.418 e. The second-order valence-corrected chi connectivity index (χ2v) is 12.1. The number of carbonyl (C=O) groups excluding carboxylic acids is 5. The number of carbonyl (C=O) groups is 5. The number of nitrogens with one attached hydrogen (secondary N) is 2. The first kappa shape index (κ1) is 30.7. The van der Waals surface area contributed by atoms with E-state index >= 15 is 0 Å². The molecule has 2 rings (SSSR count). The number of sulfonamides is 1. The van der Waals surface area contributed by atoms with Crippen molar-refractivity contribution in [1.82, 2.24) is 9.62 Å². The summed E-state index contributed by atoms with van der Waals surface area (Å²) < 4.78 is 40.2. The van der Waals surface area contributed by atoms with E-state index in [4.69, 9.17) is 14.2 Å². The van der Waals surface area contributed by atoms with E-state index in [1.807, 2.05) is 0 Å². The van der Waals surface area contributed by atoms with Crippen molar-refractivity contribution < 1.29 is 46.6 Å². The lowest BCUT2D eigenvalue weighted by atomic mass is 9.85. The molecule has 1 aliphatic heterocycles. The van der Waals surface area contributed by atoms with E-state index in [-0.39, 0.29) is 23.5 Å². The van der Waals surface area contributed by atoms with Crippen LogP contribution in [-0.2, 0) is 33.9 Å². The summed E-state index contributed by atoms with van der Waals surface area (Å²) in [5, 5.41) is 2.49. The largest absolute Gasteiger partial charge is 0.495 e. The van der Waals surface area contributed by atoms with Gasteiger partial charge in [-0.25, -0.2) is 27.6 Å². The number of amides is 3. The summed E-state index contributed by atoms with van der Waals surface area (Å²) in [6, 6.07) is 2.08. The first-order valence-corrected chi connectivity index (χ1v) is 13.4. The van der Waals surface area contributed by atoms with Gasteiger partial charge in [-0.1, -0.05) is 20.8 Å². The van der Waals surface area contributed by atoms with E-state index in [1.54, 1.807) is 20.8 Å². The lowest BCUT2D eigenvalue weighted by molar-refractivity contribution is -0.145. The van der Waals surface area contributed by atoms with E-state index in [0.717, 1.165) is 6.26 Å². The van der Waals surface area contributed by atoms with E-state index in [1.165, 1.54) is 46.1 Å². The maximum atomic E-state index is 13.3. The number of anilines is 1. The number of Topliss-reactive ketones (excluding diaryl/α,β-unsaturated/α-hetero) is 1. The van der Waals surface area contributed by atoms with Gasteiger partial charge in [-0.05, 0) is 39.0 Å². The number of ketones is 1. The maximum absolute atomic E-state index is 13.3. The van der Waals surface area contributed by atoms with Gasteiger partial charge in [0.1, 0.15) is 11.9 Å². The fraction of sp³-hybridized carbons (Fsp3) is 0.542. The summed E-state index contributed by atoms with van der Waals surface area (Å²) in [7, 11) is -2.19. The van der Waals surface area contributed by atoms with Crippen LogP contribution in [0.5, 0.6) is 5.75 Å². The van der Waals surface area contributed by atoms with Gasteiger partial charge >= 0.3 is 12.1 Å². The number of methoxy groups -OCH3 is 1. The number of ether oxygens (including phenoxy) is 3. The molecule has 13 nitrogen and oxygen atoms in total. The topological polar surface area (TPSA) is 174 Å². The average molecular weight is 556 g/mol. The second-order valence-electron chi connectivity index (χ2n) is 10.3. The predicted molar refractivity (Wildman–Crippen MR) is 135 cm³/mol. The molecule has 0 radical (unpaired) electrons. The Morgan fingerprint density at radius 1 is 1.16 bits per heavy atom. The smallest absolute Gasteiger partial charge is 0.418 e. The number of esters is 1. The van der Waals surface area contributed by atoms with E-state index in [9.17, 15) is 32.4 Å². The molecule has 0 bridgehead atoms. The third-order valence-corrected chi connectivity index (χ3v) is 6.09.